The van der Waals surface area contributed by atoms with Crippen LogP contribution in [0.4, 0.5) is 5.69 Å². The van der Waals surface area contributed by atoms with Crippen LogP contribution >= 0.6 is 0 Å². The fraction of sp³-hybridized carbons (Fsp3) is 0.333. The van der Waals surface area contributed by atoms with E-state index in [9.17, 15) is 13.2 Å². The van der Waals surface area contributed by atoms with E-state index in [4.69, 9.17) is 0 Å². The lowest BCUT2D eigenvalue weighted by atomic mass is 10.1. The van der Waals surface area contributed by atoms with E-state index in [1.165, 1.54) is 18.3 Å². The Hall–Kier alpha value is -2.71. The van der Waals surface area contributed by atoms with Crippen molar-refractivity contribution < 1.29 is 13.2 Å². The van der Waals surface area contributed by atoms with E-state index in [1.807, 2.05) is 50.2 Å². The molecule has 2 N–H and O–H groups in total. The van der Waals surface area contributed by atoms with Crippen LogP contribution in [0.25, 0.3) is 0 Å². The normalized spacial score (nSPS) is 12.9. The lowest BCUT2D eigenvalue weighted by Gasteiger charge is -2.20. The van der Waals surface area contributed by atoms with Crippen LogP contribution in [0, 0.1) is 12.8 Å². The number of amides is 1. The molecule has 2 aromatic rings. The number of nitrogens with zero attached hydrogens (tertiary/aromatic N) is 2. The Balaban J connectivity index is 2.06. The van der Waals surface area contributed by atoms with E-state index in [1.54, 1.807) is 26.0 Å². The van der Waals surface area contributed by atoms with Crippen LogP contribution in [0.15, 0.2) is 58.5 Å². The molecule has 0 saturated carbocycles. The van der Waals surface area contributed by atoms with E-state index in [0.717, 1.165) is 16.8 Å². The zero-order valence-electron chi connectivity index (χ0n) is 17.4. The molecule has 2 aromatic carbocycles. The van der Waals surface area contributed by atoms with Crippen molar-refractivity contribution in [1.29, 1.82) is 0 Å². The van der Waals surface area contributed by atoms with E-state index in [-0.39, 0.29) is 10.8 Å². The molecule has 1 amide bonds. The van der Waals surface area contributed by atoms with Gasteiger partial charge in [-0.25, -0.2) is 13.8 Å². The molecule has 156 valence electrons. The highest BCUT2D eigenvalue weighted by Crippen LogP contribution is 2.13. The predicted molar refractivity (Wildman–Crippen MR) is 117 cm³/mol. The number of carbonyl (C=O) groups is 1. The Morgan fingerprint density at radius 2 is 1.62 bits per heavy atom. The van der Waals surface area contributed by atoms with Gasteiger partial charge >= 0.3 is 0 Å². The van der Waals surface area contributed by atoms with Crippen molar-refractivity contribution in [2.45, 2.75) is 31.7 Å². The minimum Gasteiger partial charge on any atom is -0.378 e. The highest BCUT2D eigenvalue weighted by molar-refractivity contribution is 7.89. The van der Waals surface area contributed by atoms with E-state index in [2.05, 4.69) is 15.2 Å². The number of benzene rings is 2. The van der Waals surface area contributed by atoms with Crippen molar-refractivity contribution in [3.05, 3.63) is 59.7 Å². The van der Waals surface area contributed by atoms with Gasteiger partial charge in [0.05, 0.1) is 11.1 Å². The molecule has 8 heteroatoms. The Labute approximate surface area is 172 Å². The summed E-state index contributed by atoms with van der Waals surface area (Å²) in [6, 6.07) is 13.2. The zero-order valence-corrected chi connectivity index (χ0v) is 18.2. The van der Waals surface area contributed by atoms with Crippen LogP contribution in [0.1, 0.15) is 25.0 Å². The molecule has 0 aliphatic carbocycles. The van der Waals surface area contributed by atoms with Gasteiger partial charge in [0.2, 0.25) is 10.0 Å². The molecule has 0 heterocycles. The molecule has 2 rings (SSSR count). The van der Waals surface area contributed by atoms with Gasteiger partial charge in [-0.3, -0.25) is 4.79 Å². The van der Waals surface area contributed by atoms with Gasteiger partial charge in [-0.2, -0.15) is 9.82 Å². The van der Waals surface area contributed by atoms with Gasteiger partial charge in [0, 0.05) is 19.8 Å². The summed E-state index contributed by atoms with van der Waals surface area (Å²) in [7, 11) is 0.0791. The molecule has 29 heavy (non-hydrogen) atoms. The molecule has 0 bridgehead atoms. The number of hydrogen-bond acceptors (Lipinski definition) is 5. The second kappa shape index (κ2) is 9.67. The summed E-state index contributed by atoms with van der Waals surface area (Å²) in [5.41, 5.74) is 5.25. The Kier molecular flexibility index (Phi) is 7.53. The molecule has 0 spiro atoms. The summed E-state index contributed by atoms with van der Waals surface area (Å²) in [6.07, 6.45) is 1.52. The topological polar surface area (TPSA) is 90.9 Å². The molecular formula is C21H28N4O3S. The first-order chi connectivity index (χ1) is 13.6. The van der Waals surface area contributed by atoms with Crippen LogP contribution in [-0.2, 0) is 14.8 Å². The minimum absolute atomic E-state index is 0.117. The van der Waals surface area contributed by atoms with Crippen LogP contribution in [-0.4, -0.2) is 40.7 Å². The summed E-state index contributed by atoms with van der Waals surface area (Å²) in [4.78, 5) is 14.6. The van der Waals surface area contributed by atoms with Gasteiger partial charge in [0.25, 0.3) is 5.91 Å². The van der Waals surface area contributed by atoms with Crippen molar-refractivity contribution in [3.8, 4) is 0 Å². The summed E-state index contributed by atoms with van der Waals surface area (Å²) < 4.78 is 27.7. The number of hydrazone groups is 1. The fourth-order valence-corrected chi connectivity index (χ4v) is 3.89. The molecular weight excluding hydrogens is 388 g/mol. The van der Waals surface area contributed by atoms with Crippen molar-refractivity contribution in [2.24, 2.45) is 11.0 Å². The van der Waals surface area contributed by atoms with Gasteiger partial charge in [-0.15, -0.1) is 0 Å². The molecule has 0 aromatic heterocycles. The van der Waals surface area contributed by atoms with Gasteiger partial charge < -0.3 is 4.90 Å². The van der Waals surface area contributed by atoms with Crippen LogP contribution < -0.4 is 15.0 Å². The van der Waals surface area contributed by atoms with Gasteiger partial charge in [0.15, 0.2) is 0 Å². The first-order valence-corrected chi connectivity index (χ1v) is 10.8. The summed E-state index contributed by atoms with van der Waals surface area (Å²) >= 11 is 0. The Bertz CT molecular complexity index is 950. The third-order valence-corrected chi connectivity index (χ3v) is 5.82. The van der Waals surface area contributed by atoms with E-state index >= 15 is 0 Å². The highest BCUT2D eigenvalue weighted by atomic mass is 32.2. The number of sulfonamides is 1. The lowest BCUT2D eigenvalue weighted by Crippen LogP contribution is -2.48. The summed E-state index contributed by atoms with van der Waals surface area (Å²) in [6.45, 7) is 5.41. The number of aryl methyl sites for hydroxylation is 1. The second-order valence-corrected chi connectivity index (χ2v) is 9.09. The van der Waals surface area contributed by atoms with Gasteiger partial charge in [-0.05, 0) is 42.7 Å². The molecule has 0 unspecified atom stereocenters. The molecule has 0 aliphatic rings. The number of carbonyl (C=O) groups excluding carboxylic acids is 1. The molecule has 0 aliphatic heterocycles. The maximum Gasteiger partial charge on any atom is 0.258 e. The molecule has 0 saturated heterocycles. The van der Waals surface area contributed by atoms with Crippen molar-refractivity contribution in [2.75, 3.05) is 19.0 Å². The maximum absolute atomic E-state index is 12.6. The number of anilines is 1. The van der Waals surface area contributed by atoms with Gasteiger partial charge in [-0.1, -0.05) is 43.7 Å². The van der Waals surface area contributed by atoms with E-state index < -0.39 is 22.0 Å². The number of hydrogen-bond donors (Lipinski definition) is 2. The third kappa shape index (κ3) is 6.40. The number of nitrogens with one attached hydrogen (secondary N) is 2. The van der Waals surface area contributed by atoms with Crippen LogP contribution in [0.2, 0.25) is 0 Å². The van der Waals surface area contributed by atoms with E-state index in [0.29, 0.717) is 0 Å². The van der Waals surface area contributed by atoms with Crippen molar-refractivity contribution in [1.82, 2.24) is 10.1 Å². The molecule has 0 fully saturated rings. The quantitative estimate of drug-likeness (QED) is 0.511. The standard InChI is InChI=1S/C21H28N4O3S/c1-15(2)20(24-29(27,28)19-12-6-16(3)7-13-19)21(26)23-22-14-17-8-10-18(11-9-17)25(4)5/h6-15,20,24H,1-5H3,(H,23,26)/b22-14-/t20-/m1/s1. The van der Waals surface area contributed by atoms with Crippen molar-refractivity contribution >= 4 is 27.8 Å². The Morgan fingerprint density at radius 3 is 2.14 bits per heavy atom. The minimum atomic E-state index is -3.82. The molecule has 1 atom stereocenters. The van der Waals surface area contributed by atoms with Crippen LogP contribution in [0.3, 0.4) is 0 Å². The zero-order chi connectivity index (χ0) is 21.6. The predicted octanol–water partition coefficient (Wildman–Crippen LogP) is 2.51. The molecule has 7 nitrogen and oxygen atoms in total. The average molecular weight is 417 g/mol. The maximum atomic E-state index is 12.6. The Morgan fingerprint density at radius 1 is 1.03 bits per heavy atom. The summed E-state index contributed by atoms with van der Waals surface area (Å²) in [5.74, 6) is -0.776. The van der Waals surface area contributed by atoms with Crippen molar-refractivity contribution in [3.63, 3.8) is 0 Å². The highest BCUT2D eigenvalue weighted by Gasteiger charge is 2.28. The SMILES string of the molecule is Cc1ccc(S(=O)(=O)N[C@@H](C(=O)N/N=C\c2ccc(N(C)C)cc2)C(C)C)cc1. The van der Waals surface area contributed by atoms with Crippen LogP contribution in [0.5, 0.6) is 0 Å². The number of rotatable bonds is 8. The first kappa shape index (κ1) is 22.6. The molecule has 0 radical (unpaired) electrons. The average Bonchev–Trinajstić information content (AvgIpc) is 2.66. The first-order valence-electron chi connectivity index (χ1n) is 9.29. The summed E-state index contributed by atoms with van der Waals surface area (Å²) in [5, 5.41) is 3.96. The lowest BCUT2D eigenvalue weighted by molar-refractivity contribution is -0.123. The monoisotopic (exact) mass is 416 g/mol. The third-order valence-electron chi connectivity index (χ3n) is 4.36. The smallest absolute Gasteiger partial charge is 0.258 e. The largest absolute Gasteiger partial charge is 0.378 e. The second-order valence-electron chi connectivity index (χ2n) is 7.38. The fourth-order valence-electron chi connectivity index (χ4n) is 2.54. The van der Waals surface area contributed by atoms with Gasteiger partial charge in [0.1, 0.15) is 6.04 Å².